The van der Waals surface area contributed by atoms with E-state index in [9.17, 15) is 18.4 Å². The summed E-state index contributed by atoms with van der Waals surface area (Å²) in [7, 11) is 2.92. The Kier molecular flexibility index (Phi) is 7.31. The van der Waals surface area contributed by atoms with Crippen LogP contribution in [0, 0.1) is 11.6 Å². The van der Waals surface area contributed by atoms with Gasteiger partial charge in [-0.15, -0.1) is 0 Å². The normalized spacial score (nSPS) is 11.6. The molecule has 1 atom stereocenters. The van der Waals surface area contributed by atoms with Gasteiger partial charge in [0.1, 0.15) is 11.6 Å². The molecule has 6 nitrogen and oxygen atoms in total. The second kappa shape index (κ2) is 9.68. The zero-order chi connectivity index (χ0) is 20.7. The highest BCUT2D eigenvalue weighted by molar-refractivity contribution is 5.78. The first kappa shape index (κ1) is 21.1. The number of hydrogen-bond acceptors (Lipinski definition) is 4. The minimum atomic E-state index is -1.10. The van der Waals surface area contributed by atoms with Gasteiger partial charge in [-0.05, 0) is 47.9 Å². The molecule has 28 heavy (non-hydrogen) atoms. The van der Waals surface area contributed by atoms with E-state index in [1.165, 1.54) is 14.2 Å². The Morgan fingerprint density at radius 1 is 1.07 bits per heavy atom. The molecule has 150 valence electrons. The van der Waals surface area contributed by atoms with Crippen LogP contribution in [-0.4, -0.2) is 31.2 Å². The summed E-state index contributed by atoms with van der Waals surface area (Å²) in [6.45, 7) is 0. The Bertz CT molecular complexity index is 856. The SMILES string of the molecule is COc1ccc(C(CC(=O)O)NC(=O)CCc2cc(F)ccc2F)cc1OC. The molecule has 0 fully saturated rings. The van der Waals surface area contributed by atoms with E-state index in [0.29, 0.717) is 17.1 Å². The topological polar surface area (TPSA) is 84.9 Å². The molecule has 0 heterocycles. The summed E-state index contributed by atoms with van der Waals surface area (Å²) in [6, 6.07) is 7.03. The number of nitrogens with one attached hydrogen (secondary N) is 1. The average Bonchev–Trinajstić information content (AvgIpc) is 2.67. The van der Waals surface area contributed by atoms with Crippen molar-refractivity contribution in [3.8, 4) is 11.5 Å². The van der Waals surface area contributed by atoms with Gasteiger partial charge in [0.15, 0.2) is 11.5 Å². The number of carboxylic acids is 1. The van der Waals surface area contributed by atoms with Gasteiger partial charge in [0.05, 0.1) is 26.7 Å². The smallest absolute Gasteiger partial charge is 0.305 e. The lowest BCUT2D eigenvalue weighted by atomic mass is 10.0. The fourth-order valence-corrected chi connectivity index (χ4v) is 2.75. The van der Waals surface area contributed by atoms with Crippen molar-refractivity contribution in [1.82, 2.24) is 5.32 Å². The summed E-state index contributed by atoms with van der Waals surface area (Å²) in [4.78, 5) is 23.5. The quantitative estimate of drug-likeness (QED) is 0.683. The van der Waals surface area contributed by atoms with Crippen LogP contribution in [0.2, 0.25) is 0 Å². The molecule has 0 aliphatic rings. The van der Waals surface area contributed by atoms with Crippen LogP contribution >= 0.6 is 0 Å². The number of benzene rings is 2. The van der Waals surface area contributed by atoms with Gasteiger partial charge < -0.3 is 19.9 Å². The Morgan fingerprint density at radius 3 is 2.43 bits per heavy atom. The first-order valence-electron chi connectivity index (χ1n) is 8.51. The van der Waals surface area contributed by atoms with Gasteiger partial charge >= 0.3 is 5.97 Å². The molecule has 0 aliphatic heterocycles. The Balaban J connectivity index is 2.12. The summed E-state index contributed by atoms with van der Waals surface area (Å²) >= 11 is 0. The van der Waals surface area contributed by atoms with E-state index in [2.05, 4.69) is 5.32 Å². The molecule has 2 aromatic rings. The Morgan fingerprint density at radius 2 is 1.79 bits per heavy atom. The van der Waals surface area contributed by atoms with Crippen LogP contribution in [0.25, 0.3) is 0 Å². The fraction of sp³-hybridized carbons (Fsp3) is 0.300. The Hall–Kier alpha value is -3.16. The van der Waals surface area contributed by atoms with Crippen LogP contribution in [0.15, 0.2) is 36.4 Å². The molecule has 0 radical (unpaired) electrons. The summed E-state index contributed by atoms with van der Waals surface area (Å²) in [5.41, 5.74) is 0.599. The lowest BCUT2D eigenvalue weighted by Gasteiger charge is -2.19. The van der Waals surface area contributed by atoms with Crippen LogP contribution in [0.3, 0.4) is 0 Å². The molecule has 2 N–H and O–H groups in total. The first-order chi connectivity index (χ1) is 13.3. The molecule has 0 saturated heterocycles. The molecule has 1 amide bonds. The van der Waals surface area contributed by atoms with E-state index in [0.717, 1.165) is 18.2 Å². The third kappa shape index (κ3) is 5.67. The highest BCUT2D eigenvalue weighted by Gasteiger charge is 2.20. The molecule has 0 saturated carbocycles. The molecule has 8 heteroatoms. The highest BCUT2D eigenvalue weighted by atomic mass is 19.1. The van der Waals surface area contributed by atoms with Crippen molar-refractivity contribution in [3.05, 3.63) is 59.2 Å². The molecular formula is C20H21F2NO5. The van der Waals surface area contributed by atoms with Crippen LogP contribution in [0.4, 0.5) is 8.78 Å². The monoisotopic (exact) mass is 393 g/mol. The van der Waals surface area contributed by atoms with Crippen LogP contribution in [0.1, 0.15) is 30.0 Å². The number of rotatable bonds is 9. The van der Waals surface area contributed by atoms with E-state index in [-0.39, 0.29) is 24.8 Å². The van der Waals surface area contributed by atoms with E-state index in [4.69, 9.17) is 14.6 Å². The predicted octanol–water partition coefficient (Wildman–Crippen LogP) is 3.25. The second-order valence-electron chi connectivity index (χ2n) is 6.07. The van der Waals surface area contributed by atoms with Gasteiger partial charge in [0.2, 0.25) is 5.91 Å². The van der Waals surface area contributed by atoms with Crippen LogP contribution < -0.4 is 14.8 Å². The molecule has 1 unspecified atom stereocenters. The third-order valence-corrected chi connectivity index (χ3v) is 4.15. The maximum Gasteiger partial charge on any atom is 0.305 e. The Labute approximate surface area is 161 Å². The molecule has 0 bridgehead atoms. The van der Waals surface area contributed by atoms with Gasteiger partial charge in [0.25, 0.3) is 0 Å². The van der Waals surface area contributed by atoms with Gasteiger partial charge in [-0.1, -0.05) is 6.07 Å². The molecule has 2 rings (SSSR count). The van der Waals surface area contributed by atoms with Gasteiger partial charge in [0, 0.05) is 6.42 Å². The van der Waals surface area contributed by atoms with Crippen molar-refractivity contribution in [2.75, 3.05) is 14.2 Å². The minimum Gasteiger partial charge on any atom is -0.493 e. The number of methoxy groups -OCH3 is 2. The lowest BCUT2D eigenvalue weighted by molar-refractivity contribution is -0.137. The van der Waals surface area contributed by atoms with Crippen molar-refractivity contribution in [2.45, 2.75) is 25.3 Å². The number of carbonyl (C=O) groups excluding carboxylic acids is 1. The van der Waals surface area contributed by atoms with E-state index >= 15 is 0 Å². The number of ether oxygens (including phenoxy) is 2. The number of aryl methyl sites for hydroxylation is 1. The predicted molar refractivity (Wildman–Crippen MR) is 97.4 cm³/mol. The molecular weight excluding hydrogens is 372 g/mol. The van der Waals surface area contributed by atoms with Crippen molar-refractivity contribution in [1.29, 1.82) is 0 Å². The number of carbonyl (C=O) groups is 2. The number of aliphatic carboxylic acids is 1. The van der Waals surface area contributed by atoms with Crippen molar-refractivity contribution in [3.63, 3.8) is 0 Å². The number of hydrogen-bond donors (Lipinski definition) is 2. The largest absolute Gasteiger partial charge is 0.493 e. The summed E-state index contributed by atoms with van der Waals surface area (Å²) in [6.07, 6.45) is -0.486. The van der Waals surface area contributed by atoms with E-state index in [1.807, 2.05) is 0 Å². The zero-order valence-corrected chi connectivity index (χ0v) is 15.5. The summed E-state index contributed by atoms with van der Waals surface area (Å²) in [5.74, 6) is -1.91. The minimum absolute atomic E-state index is 0.0127. The molecule has 0 aliphatic carbocycles. The second-order valence-corrected chi connectivity index (χ2v) is 6.07. The highest BCUT2D eigenvalue weighted by Crippen LogP contribution is 2.31. The van der Waals surface area contributed by atoms with E-state index < -0.39 is 29.6 Å². The average molecular weight is 393 g/mol. The van der Waals surface area contributed by atoms with Gasteiger partial charge in [-0.3, -0.25) is 9.59 Å². The number of carboxylic acid groups (broad SMARTS) is 1. The van der Waals surface area contributed by atoms with Crippen molar-refractivity contribution in [2.24, 2.45) is 0 Å². The van der Waals surface area contributed by atoms with Gasteiger partial charge in [-0.25, -0.2) is 8.78 Å². The fourth-order valence-electron chi connectivity index (χ4n) is 2.75. The zero-order valence-electron chi connectivity index (χ0n) is 15.5. The van der Waals surface area contributed by atoms with Crippen LogP contribution in [0.5, 0.6) is 11.5 Å². The molecule has 0 spiro atoms. The maximum absolute atomic E-state index is 13.7. The number of halogens is 2. The van der Waals surface area contributed by atoms with E-state index in [1.54, 1.807) is 18.2 Å². The summed E-state index contributed by atoms with van der Waals surface area (Å²) in [5, 5.41) is 11.8. The third-order valence-electron chi connectivity index (χ3n) is 4.15. The molecule has 0 aromatic heterocycles. The number of amides is 1. The van der Waals surface area contributed by atoms with Crippen molar-refractivity contribution >= 4 is 11.9 Å². The maximum atomic E-state index is 13.7. The first-order valence-corrected chi connectivity index (χ1v) is 8.51. The van der Waals surface area contributed by atoms with Gasteiger partial charge in [-0.2, -0.15) is 0 Å². The van der Waals surface area contributed by atoms with Crippen molar-refractivity contribution < 1.29 is 33.0 Å². The summed E-state index contributed by atoms with van der Waals surface area (Å²) < 4.78 is 37.2. The lowest BCUT2D eigenvalue weighted by Crippen LogP contribution is -2.30. The molecule has 2 aromatic carbocycles. The standard InChI is InChI=1S/C20H21F2NO5/c1-27-17-7-3-13(10-18(17)28-2)16(11-20(25)26)23-19(24)8-4-12-9-14(21)5-6-15(12)22/h3,5-7,9-10,16H,4,8,11H2,1-2H3,(H,23,24)(H,25,26). The van der Waals surface area contributed by atoms with Crippen LogP contribution in [-0.2, 0) is 16.0 Å².